The third kappa shape index (κ3) is 3.79. The van der Waals surface area contributed by atoms with Gasteiger partial charge in [0.2, 0.25) is 0 Å². The Labute approximate surface area is 176 Å². The van der Waals surface area contributed by atoms with Crippen LogP contribution in [-0.4, -0.2) is 61.6 Å². The van der Waals surface area contributed by atoms with Crippen molar-refractivity contribution < 1.29 is 13.9 Å². The maximum Gasteiger partial charge on any atom is 0.349 e. The summed E-state index contributed by atoms with van der Waals surface area (Å²) in [5.74, 6) is 1.43. The van der Waals surface area contributed by atoms with Crippen LogP contribution in [0.4, 0.5) is 0 Å². The minimum Gasteiger partial charge on any atom is -0.422 e. The summed E-state index contributed by atoms with van der Waals surface area (Å²) in [5, 5.41) is 0.776. The molecule has 1 amide bonds. The maximum atomic E-state index is 13.2. The van der Waals surface area contributed by atoms with Crippen molar-refractivity contribution in [3.63, 3.8) is 0 Å². The summed E-state index contributed by atoms with van der Waals surface area (Å²) in [5.41, 5.74) is 0.0991. The molecule has 1 saturated heterocycles. The van der Waals surface area contributed by atoms with E-state index in [1.54, 1.807) is 12.1 Å². The van der Waals surface area contributed by atoms with E-state index in [0.717, 1.165) is 30.8 Å². The molecule has 4 atom stereocenters. The Bertz CT molecular complexity index is 996. The number of carbonyl (C=O) groups excluding carboxylic acids is 1. The Morgan fingerprint density at radius 1 is 1.17 bits per heavy atom. The molecule has 30 heavy (non-hydrogen) atoms. The lowest BCUT2D eigenvalue weighted by molar-refractivity contribution is -0.0493. The fraction of sp³-hybridized carbons (Fsp3) is 0.583. The molecule has 5 rings (SSSR count). The second-order valence-corrected chi connectivity index (χ2v) is 9.53. The van der Waals surface area contributed by atoms with Gasteiger partial charge in [0.1, 0.15) is 11.1 Å². The first-order chi connectivity index (χ1) is 14.5. The molecule has 0 radical (unpaired) electrons. The second kappa shape index (κ2) is 7.82. The van der Waals surface area contributed by atoms with Crippen LogP contribution < -0.4 is 5.63 Å². The van der Waals surface area contributed by atoms with Crippen molar-refractivity contribution >= 4 is 16.9 Å². The van der Waals surface area contributed by atoms with Crippen molar-refractivity contribution in [2.24, 2.45) is 17.8 Å². The Balaban J connectivity index is 1.32. The number of para-hydroxylation sites is 1. The molecule has 3 fully saturated rings. The Morgan fingerprint density at radius 2 is 1.90 bits per heavy atom. The molecule has 0 unspecified atom stereocenters. The van der Waals surface area contributed by atoms with Gasteiger partial charge in [-0.2, -0.15) is 0 Å². The van der Waals surface area contributed by atoms with Crippen LogP contribution in [0.5, 0.6) is 0 Å². The largest absolute Gasteiger partial charge is 0.422 e. The molecule has 0 N–H and O–H groups in total. The van der Waals surface area contributed by atoms with Crippen molar-refractivity contribution in [1.29, 1.82) is 0 Å². The number of likely N-dealkylation sites (N-methyl/N-ethyl adjacent to an activating group) is 1. The second-order valence-electron chi connectivity index (χ2n) is 9.53. The van der Waals surface area contributed by atoms with Gasteiger partial charge in [0.25, 0.3) is 5.91 Å². The highest BCUT2D eigenvalue weighted by Crippen LogP contribution is 2.40. The first-order valence-corrected chi connectivity index (χ1v) is 11.1. The summed E-state index contributed by atoms with van der Waals surface area (Å²) < 4.78 is 11.7. The lowest BCUT2D eigenvalue weighted by Crippen LogP contribution is -2.48. The zero-order chi connectivity index (χ0) is 20.8. The van der Waals surface area contributed by atoms with Gasteiger partial charge in [-0.3, -0.25) is 4.79 Å². The van der Waals surface area contributed by atoms with Gasteiger partial charge in [-0.25, -0.2) is 4.79 Å². The van der Waals surface area contributed by atoms with Crippen LogP contribution in [-0.2, 0) is 4.74 Å². The Hall–Kier alpha value is -2.18. The third-order valence-electron chi connectivity index (χ3n) is 7.15. The predicted octanol–water partition coefficient (Wildman–Crippen LogP) is 3.00. The number of likely N-dealkylation sites (tertiary alicyclic amines) is 1. The van der Waals surface area contributed by atoms with Crippen molar-refractivity contribution in [1.82, 2.24) is 9.80 Å². The molecule has 6 nitrogen and oxygen atoms in total. The molecular formula is C24H30N2O4. The molecule has 1 aliphatic heterocycles. The van der Waals surface area contributed by atoms with E-state index in [1.165, 1.54) is 12.8 Å². The molecule has 0 spiro atoms. The van der Waals surface area contributed by atoms with Crippen LogP contribution in [0.3, 0.4) is 0 Å². The molecule has 2 saturated carbocycles. The van der Waals surface area contributed by atoms with Gasteiger partial charge in [-0.15, -0.1) is 0 Å². The normalized spacial score (nSPS) is 28.8. The molecule has 6 heteroatoms. The van der Waals surface area contributed by atoms with Crippen LogP contribution in [0.25, 0.3) is 11.0 Å². The monoisotopic (exact) mass is 410 g/mol. The van der Waals surface area contributed by atoms with Crippen molar-refractivity contribution in [3.8, 4) is 0 Å². The molecule has 160 valence electrons. The van der Waals surface area contributed by atoms with Gasteiger partial charge in [0.15, 0.2) is 0 Å². The van der Waals surface area contributed by atoms with E-state index >= 15 is 0 Å². The van der Waals surface area contributed by atoms with Gasteiger partial charge in [0.05, 0.1) is 6.10 Å². The standard InChI is InChI=1S/C24H30N2O4/c1-25(2)20-10-17-12-26(13-18(17)11-22(20)29-14-15-7-8-15)23(27)19-9-16-5-3-4-6-21(16)30-24(19)28/h3-6,9,15,17-18,20,22H,7-8,10-14H2,1-2H3/t17-,18+,20-,22-/m1/s1. The van der Waals surface area contributed by atoms with Crippen molar-refractivity contribution in [3.05, 3.63) is 46.3 Å². The highest BCUT2D eigenvalue weighted by molar-refractivity contribution is 5.96. The predicted molar refractivity (Wildman–Crippen MR) is 115 cm³/mol. The van der Waals surface area contributed by atoms with E-state index < -0.39 is 5.63 Å². The fourth-order valence-electron chi connectivity index (χ4n) is 5.20. The van der Waals surface area contributed by atoms with E-state index in [1.807, 2.05) is 23.1 Å². The summed E-state index contributed by atoms with van der Waals surface area (Å²) in [4.78, 5) is 29.8. The number of rotatable bonds is 5. The first kappa shape index (κ1) is 19.8. The molecular weight excluding hydrogens is 380 g/mol. The fourth-order valence-corrected chi connectivity index (χ4v) is 5.20. The lowest BCUT2D eigenvalue weighted by Gasteiger charge is -2.41. The highest BCUT2D eigenvalue weighted by atomic mass is 16.5. The van der Waals surface area contributed by atoms with Crippen LogP contribution in [0.15, 0.2) is 39.5 Å². The average molecular weight is 411 g/mol. The number of nitrogens with zero attached hydrogens (tertiary/aromatic N) is 2. The number of carbonyl (C=O) groups is 1. The van der Waals surface area contributed by atoms with Crippen LogP contribution >= 0.6 is 0 Å². The molecule has 3 aliphatic rings. The quantitative estimate of drug-likeness (QED) is 0.709. The number of benzene rings is 1. The minimum absolute atomic E-state index is 0.137. The lowest BCUT2D eigenvalue weighted by atomic mass is 9.77. The summed E-state index contributed by atoms with van der Waals surface area (Å²) in [6.07, 6.45) is 4.83. The van der Waals surface area contributed by atoms with E-state index in [2.05, 4.69) is 19.0 Å². The van der Waals surface area contributed by atoms with E-state index in [-0.39, 0.29) is 17.6 Å². The summed E-state index contributed by atoms with van der Waals surface area (Å²) in [6.45, 7) is 2.27. The Kier molecular flexibility index (Phi) is 5.15. The molecule has 1 aromatic heterocycles. The molecule has 2 aromatic rings. The molecule has 2 aliphatic carbocycles. The van der Waals surface area contributed by atoms with E-state index in [0.29, 0.717) is 36.6 Å². The molecule has 2 heterocycles. The van der Waals surface area contributed by atoms with E-state index in [4.69, 9.17) is 9.15 Å². The Morgan fingerprint density at radius 3 is 2.63 bits per heavy atom. The summed E-state index contributed by atoms with van der Waals surface area (Å²) >= 11 is 0. The zero-order valence-corrected chi connectivity index (χ0v) is 17.8. The summed E-state index contributed by atoms with van der Waals surface area (Å²) in [7, 11) is 4.24. The molecule has 0 bridgehead atoms. The SMILES string of the molecule is CN(C)[C@@H]1C[C@@H]2CN(C(=O)c3cc4ccccc4oc3=O)C[C@@H]2C[C@H]1OCC1CC1. The van der Waals surface area contributed by atoms with Gasteiger partial charge in [-0.1, -0.05) is 18.2 Å². The number of hydrogen-bond acceptors (Lipinski definition) is 5. The highest BCUT2D eigenvalue weighted by Gasteiger charge is 2.45. The topological polar surface area (TPSA) is 63.0 Å². The van der Waals surface area contributed by atoms with E-state index in [9.17, 15) is 9.59 Å². The van der Waals surface area contributed by atoms with Gasteiger partial charge >= 0.3 is 5.63 Å². The maximum absolute atomic E-state index is 13.2. The van der Waals surface area contributed by atoms with Crippen LogP contribution in [0, 0.1) is 17.8 Å². The number of amides is 1. The number of ether oxygens (including phenoxy) is 1. The smallest absolute Gasteiger partial charge is 0.349 e. The van der Waals surface area contributed by atoms with Crippen LogP contribution in [0.2, 0.25) is 0 Å². The van der Waals surface area contributed by atoms with Crippen molar-refractivity contribution in [2.75, 3.05) is 33.8 Å². The van der Waals surface area contributed by atoms with Gasteiger partial charge < -0.3 is 19.0 Å². The first-order valence-electron chi connectivity index (χ1n) is 11.1. The minimum atomic E-state index is -0.551. The number of fused-ring (bicyclic) bond motifs is 2. The van der Waals surface area contributed by atoms with Crippen molar-refractivity contribution in [2.45, 2.75) is 37.8 Å². The zero-order valence-electron chi connectivity index (χ0n) is 17.8. The summed E-state index contributed by atoms with van der Waals surface area (Å²) in [6, 6.07) is 9.37. The van der Waals surface area contributed by atoms with Gasteiger partial charge in [0, 0.05) is 31.1 Å². The average Bonchev–Trinajstić information content (AvgIpc) is 3.47. The third-order valence-corrected chi connectivity index (χ3v) is 7.15. The van der Waals surface area contributed by atoms with Gasteiger partial charge in [-0.05, 0) is 69.7 Å². The molecule has 1 aromatic carbocycles. The van der Waals surface area contributed by atoms with Crippen LogP contribution in [0.1, 0.15) is 36.0 Å². The number of hydrogen-bond donors (Lipinski definition) is 0.